The van der Waals surface area contributed by atoms with Gasteiger partial charge in [0, 0.05) is 12.6 Å². The molecular weight excluding hydrogens is 661 g/mol. The average molecular weight is 690 g/mol. The van der Waals surface area contributed by atoms with Crippen LogP contribution in [0.3, 0.4) is 0 Å². The van der Waals surface area contributed by atoms with Gasteiger partial charge in [0.05, 0.1) is 31.4 Å². The predicted octanol–water partition coefficient (Wildman–Crippen LogP) is 2.75. The van der Waals surface area contributed by atoms with Gasteiger partial charge in [-0.2, -0.15) is 13.6 Å². The lowest BCUT2D eigenvalue weighted by Gasteiger charge is -2.20. The average Bonchev–Trinajstić information content (AvgIpc) is 3.34. The first-order valence-electron chi connectivity index (χ1n) is 13.1. The van der Waals surface area contributed by atoms with Crippen molar-refractivity contribution in [2.45, 2.75) is 44.5 Å². The Hall–Kier alpha value is -2.88. The summed E-state index contributed by atoms with van der Waals surface area (Å²) < 4.78 is 65.4. The summed E-state index contributed by atoms with van der Waals surface area (Å²) in [5.41, 5.74) is 0.508. The normalized spacial score (nSPS) is 22.2. The van der Waals surface area contributed by atoms with Crippen molar-refractivity contribution in [3.8, 4) is 0 Å². The summed E-state index contributed by atoms with van der Waals surface area (Å²) in [7, 11) is -16.4. The van der Waals surface area contributed by atoms with Crippen LogP contribution in [0.15, 0.2) is 77.7 Å². The summed E-state index contributed by atoms with van der Waals surface area (Å²) in [6.45, 7) is -1.32. The van der Waals surface area contributed by atoms with Gasteiger partial charge in [0.25, 0.3) is 0 Å². The van der Waals surface area contributed by atoms with Crippen molar-refractivity contribution >= 4 is 29.4 Å². The molecule has 4 rings (SSSR count). The Labute approximate surface area is 255 Å². The molecule has 3 aromatic rings. The Balaban J connectivity index is 1.26. The quantitative estimate of drug-likeness (QED) is 0.132. The highest BCUT2D eigenvalue weighted by atomic mass is 31.3. The molecule has 6 atom stereocenters. The summed E-state index contributed by atoms with van der Waals surface area (Å²) in [5.74, 6) is -0.608. The fourth-order valence-corrected chi connectivity index (χ4v) is 7.46. The van der Waals surface area contributed by atoms with Crippen LogP contribution in [-0.2, 0) is 65.3 Å². The smallest absolute Gasteiger partial charge is 0.461 e. The summed E-state index contributed by atoms with van der Waals surface area (Å²) in [6, 6.07) is 18.3. The van der Waals surface area contributed by atoms with Crippen molar-refractivity contribution in [1.29, 1.82) is 0 Å². The standard InChI is InChI=1S/C25H29N2O15P3/c28-21-14-23(27-12-11-20(26-25(27)30)13-24(29)37-15-18-7-3-1-4-8-18)40-22(21)17-39-44(33,34)42-45(35,36)41-43(31,32)38-16-19-9-5-2-6-10-19/h1-12,21-23,28H,13-17H2,(H,31,32)(H,33,34)(H,35,36)/t21-,22-,23-/m1/s1. The Morgan fingerprint density at radius 3 is 2.04 bits per heavy atom. The molecule has 0 spiro atoms. The van der Waals surface area contributed by atoms with Gasteiger partial charge in [-0.25, -0.2) is 18.5 Å². The molecule has 0 radical (unpaired) electrons. The molecule has 20 heteroatoms. The second-order valence-electron chi connectivity index (χ2n) is 9.49. The van der Waals surface area contributed by atoms with E-state index in [0.29, 0.717) is 5.56 Å². The van der Waals surface area contributed by atoms with Crippen molar-refractivity contribution in [3.05, 3.63) is 100 Å². The van der Waals surface area contributed by atoms with Crippen LogP contribution in [0.2, 0.25) is 0 Å². The van der Waals surface area contributed by atoms with E-state index in [2.05, 4.69) is 22.7 Å². The van der Waals surface area contributed by atoms with Gasteiger partial charge >= 0.3 is 35.1 Å². The van der Waals surface area contributed by atoms with Gasteiger partial charge in [0.2, 0.25) is 0 Å². The summed E-state index contributed by atoms with van der Waals surface area (Å²) in [5, 5.41) is 10.3. The lowest BCUT2D eigenvalue weighted by molar-refractivity contribution is -0.144. The lowest BCUT2D eigenvalue weighted by Crippen LogP contribution is -2.29. The van der Waals surface area contributed by atoms with E-state index in [-0.39, 0.29) is 25.1 Å². The van der Waals surface area contributed by atoms with Gasteiger partial charge in [-0.05, 0) is 17.2 Å². The number of esters is 1. The molecule has 45 heavy (non-hydrogen) atoms. The minimum absolute atomic E-state index is 0.0497. The van der Waals surface area contributed by atoms with Crippen molar-refractivity contribution in [1.82, 2.24) is 9.55 Å². The molecule has 3 unspecified atom stereocenters. The summed E-state index contributed by atoms with van der Waals surface area (Å²) >= 11 is 0. The van der Waals surface area contributed by atoms with E-state index < -0.39 is 66.8 Å². The van der Waals surface area contributed by atoms with E-state index in [1.54, 1.807) is 42.5 Å². The third-order valence-electron chi connectivity index (χ3n) is 6.02. The number of ether oxygens (including phenoxy) is 2. The topological polar surface area (TPSA) is 239 Å². The molecule has 0 saturated carbocycles. The SMILES string of the molecule is O=C(Cc1ccn([C@H]2C[C@@H](O)[C@@H](COP(=O)(O)OP(=O)(O)OP(=O)(O)OCc3ccccc3)O2)c(=O)n1)OCc1ccccc1. The highest BCUT2D eigenvalue weighted by molar-refractivity contribution is 7.66. The maximum atomic E-state index is 12.6. The first kappa shape index (κ1) is 35.0. The van der Waals surface area contributed by atoms with Crippen LogP contribution >= 0.6 is 23.5 Å². The Bertz CT molecular complexity index is 1660. The van der Waals surface area contributed by atoms with Crippen molar-refractivity contribution in [3.63, 3.8) is 0 Å². The van der Waals surface area contributed by atoms with Crippen LogP contribution in [0.25, 0.3) is 0 Å². The number of hydrogen-bond donors (Lipinski definition) is 4. The van der Waals surface area contributed by atoms with Crippen LogP contribution in [-0.4, -0.2) is 54.1 Å². The monoisotopic (exact) mass is 690 g/mol. The Morgan fingerprint density at radius 1 is 0.867 bits per heavy atom. The van der Waals surface area contributed by atoms with E-state index >= 15 is 0 Å². The molecule has 1 aliphatic rings. The zero-order valence-corrected chi connectivity index (χ0v) is 25.9. The highest BCUT2D eigenvalue weighted by Crippen LogP contribution is 2.67. The van der Waals surface area contributed by atoms with Gasteiger partial charge in [0.1, 0.15) is 18.9 Å². The molecule has 1 aliphatic heterocycles. The second-order valence-corrected chi connectivity index (χ2v) is 14.1. The lowest BCUT2D eigenvalue weighted by atomic mass is 10.2. The molecule has 1 aromatic heterocycles. The van der Waals surface area contributed by atoms with Crippen LogP contribution in [0.5, 0.6) is 0 Å². The zero-order valence-electron chi connectivity index (χ0n) is 23.2. The van der Waals surface area contributed by atoms with Crippen molar-refractivity contribution in [2.24, 2.45) is 0 Å². The van der Waals surface area contributed by atoms with E-state index in [0.717, 1.165) is 10.1 Å². The van der Waals surface area contributed by atoms with Gasteiger partial charge in [-0.15, -0.1) is 0 Å². The first-order chi connectivity index (χ1) is 21.2. The fraction of sp³-hybridized carbons (Fsp3) is 0.320. The summed E-state index contributed by atoms with van der Waals surface area (Å²) in [6.07, 6.45) is -2.93. The molecule has 0 amide bonds. The fourth-order valence-electron chi connectivity index (χ4n) is 3.96. The molecule has 244 valence electrons. The van der Waals surface area contributed by atoms with Gasteiger partial charge in [-0.1, -0.05) is 60.7 Å². The Kier molecular flexibility index (Phi) is 11.8. The Morgan fingerprint density at radius 2 is 1.44 bits per heavy atom. The number of carbonyl (C=O) groups is 1. The van der Waals surface area contributed by atoms with Crippen LogP contribution in [0.4, 0.5) is 0 Å². The van der Waals surface area contributed by atoms with Crippen molar-refractivity contribution in [2.75, 3.05) is 6.61 Å². The van der Waals surface area contributed by atoms with Crippen molar-refractivity contribution < 1.29 is 65.4 Å². The molecule has 2 aromatic carbocycles. The van der Waals surface area contributed by atoms with Crippen LogP contribution < -0.4 is 5.69 Å². The van der Waals surface area contributed by atoms with E-state index in [1.807, 2.05) is 6.07 Å². The maximum Gasteiger partial charge on any atom is 0.490 e. The number of aromatic nitrogens is 2. The van der Waals surface area contributed by atoms with Crippen LogP contribution in [0.1, 0.15) is 29.5 Å². The molecule has 1 fully saturated rings. The van der Waals surface area contributed by atoms with Gasteiger partial charge in [-0.3, -0.25) is 18.4 Å². The molecule has 2 heterocycles. The minimum atomic E-state index is -5.70. The highest BCUT2D eigenvalue weighted by Gasteiger charge is 2.44. The zero-order chi connectivity index (χ0) is 32.7. The predicted molar refractivity (Wildman–Crippen MR) is 152 cm³/mol. The number of benzene rings is 2. The van der Waals surface area contributed by atoms with Gasteiger partial charge in [0.15, 0.2) is 0 Å². The molecule has 0 bridgehead atoms. The molecule has 0 aliphatic carbocycles. The van der Waals surface area contributed by atoms with Crippen LogP contribution in [0, 0.1) is 0 Å². The first-order valence-corrected chi connectivity index (χ1v) is 17.5. The largest absolute Gasteiger partial charge is 0.490 e. The summed E-state index contributed by atoms with van der Waals surface area (Å²) in [4.78, 5) is 57.9. The molecule has 4 N–H and O–H groups in total. The number of carbonyl (C=O) groups excluding carboxylic acids is 1. The van der Waals surface area contributed by atoms with E-state index in [1.165, 1.54) is 24.4 Å². The third kappa shape index (κ3) is 11.2. The van der Waals surface area contributed by atoms with E-state index in [4.69, 9.17) is 9.47 Å². The number of aliphatic hydroxyl groups is 1. The number of hydrogen-bond acceptors (Lipinski definition) is 13. The maximum absolute atomic E-state index is 12.6. The third-order valence-corrected chi connectivity index (χ3v) is 10.3. The number of rotatable bonds is 15. The van der Waals surface area contributed by atoms with E-state index in [9.17, 15) is 43.1 Å². The number of phosphoric ester groups is 2. The second kappa shape index (κ2) is 15.1. The molecular formula is C25H29N2O15P3. The number of nitrogens with zero attached hydrogens (tertiary/aromatic N) is 2. The minimum Gasteiger partial charge on any atom is -0.461 e. The molecule has 1 saturated heterocycles. The van der Waals surface area contributed by atoms with Gasteiger partial charge < -0.3 is 29.3 Å². The number of aliphatic hydroxyl groups excluding tert-OH is 1. The number of phosphoric acid groups is 3. The molecule has 17 nitrogen and oxygen atoms in total.